The number of nitrogens with two attached hydrogens (primary N) is 1. The number of aliphatic imine (C=N–C) groups is 1. The summed E-state index contributed by atoms with van der Waals surface area (Å²) < 4.78 is 30.9. The van der Waals surface area contributed by atoms with Gasteiger partial charge in [-0.3, -0.25) is 0 Å². The summed E-state index contributed by atoms with van der Waals surface area (Å²) in [6, 6.07) is 3.75. The number of halogens is 2. The van der Waals surface area contributed by atoms with Crippen molar-refractivity contribution in [3.63, 3.8) is 0 Å². The molecule has 0 radical (unpaired) electrons. The average molecular weight is 226 g/mol. The van der Waals surface area contributed by atoms with Crippen LogP contribution in [0.25, 0.3) is 0 Å². The molecule has 2 N–H and O–H groups in total. The molecule has 86 valence electrons. The Bertz CT molecular complexity index is 420. The van der Waals surface area contributed by atoms with Gasteiger partial charge in [0.2, 0.25) is 0 Å². The molecule has 16 heavy (non-hydrogen) atoms. The van der Waals surface area contributed by atoms with Crippen LogP contribution >= 0.6 is 0 Å². The number of amidine groups is 1. The number of benzene rings is 1. The van der Waals surface area contributed by atoms with Crippen molar-refractivity contribution in [2.45, 2.75) is 18.9 Å². The van der Waals surface area contributed by atoms with Crippen molar-refractivity contribution in [2.24, 2.45) is 10.7 Å². The number of hydrogen-bond acceptors (Lipinski definition) is 3. The standard InChI is InChI=1S/C11H12F2N2O/c12-8-3-1-7(10(13)5-8)2-4-9-6-16-11(14)15-9/h1,3,5,9H,2,4,6H2,(H2,14,15)/t9-/m0/s1. The van der Waals surface area contributed by atoms with Gasteiger partial charge in [-0.05, 0) is 24.5 Å². The molecule has 0 saturated heterocycles. The maximum atomic E-state index is 13.3. The Morgan fingerprint density at radius 3 is 2.88 bits per heavy atom. The first-order valence-electron chi connectivity index (χ1n) is 5.05. The topological polar surface area (TPSA) is 47.6 Å². The second-order valence-corrected chi connectivity index (χ2v) is 3.71. The van der Waals surface area contributed by atoms with E-state index in [1.54, 1.807) is 0 Å². The molecule has 1 aromatic rings. The van der Waals surface area contributed by atoms with E-state index in [9.17, 15) is 8.78 Å². The summed E-state index contributed by atoms with van der Waals surface area (Å²) in [5.41, 5.74) is 5.84. The van der Waals surface area contributed by atoms with Gasteiger partial charge in [-0.25, -0.2) is 13.8 Å². The van der Waals surface area contributed by atoms with Crippen LogP contribution in [0.5, 0.6) is 0 Å². The lowest BCUT2D eigenvalue weighted by Crippen LogP contribution is -2.10. The Labute approximate surface area is 91.9 Å². The first kappa shape index (κ1) is 10.9. The number of nitrogens with zero attached hydrogens (tertiary/aromatic N) is 1. The summed E-state index contributed by atoms with van der Waals surface area (Å²) in [6.07, 6.45) is 1.14. The lowest BCUT2D eigenvalue weighted by atomic mass is 10.1. The zero-order chi connectivity index (χ0) is 11.5. The van der Waals surface area contributed by atoms with E-state index in [0.29, 0.717) is 25.0 Å². The van der Waals surface area contributed by atoms with Crippen molar-refractivity contribution in [1.29, 1.82) is 0 Å². The van der Waals surface area contributed by atoms with E-state index in [1.807, 2.05) is 0 Å². The molecule has 0 aliphatic carbocycles. The molecule has 0 fully saturated rings. The molecule has 0 amide bonds. The van der Waals surface area contributed by atoms with Crippen molar-refractivity contribution < 1.29 is 13.5 Å². The van der Waals surface area contributed by atoms with Crippen LogP contribution in [-0.2, 0) is 11.2 Å². The summed E-state index contributed by atoms with van der Waals surface area (Å²) in [5, 5.41) is 0. The van der Waals surface area contributed by atoms with E-state index < -0.39 is 11.6 Å². The first-order valence-corrected chi connectivity index (χ1v) is 5.05. The van der Waals surface area contributed by atoms with Gasteiger partial charge in [-0.1, -0.05) is 6.07 Å². The number of rotatable bonds is 3. The van der Waals surface area contributed by atoms with Crippen LogP contribution in [0.15, 0.2) is 23.2 Å². The highest BCUT2D eigenvalue weighted by Gasteiger charge is 2.17. The lowest BCUT2D eigenvalue weighted by molar-refractivity contribution is 0.307. The summed E-state index contributed by atoms with van der Waals surface area (Å²) >= 11 is 0. The molecule has 2 rings (SSSR count). The molecule has 0 unspecified atom stereocenters. The molecular formula is C11H12F2N2O. The second-order valence-electron chi connectivity index (χ2n) is 3.71. The van der Waals surface area contributed by atoms with Crippen LogP contribution in [0.4, 0.5) is 8.78 Å². The van der Waals surface area contributed by atoms with Gasteiger partial charge >= 0.3 is 0 Å². The van der Waals surface area contributed by atoms with E-state index in [1.165, 1.54) is 12.1 Å². The van der Waals surface area contributed by atoms with E-state index in [0.717, 1.165) is 6.07 Å². The lowest BCUT2D eigenvalue weighted by Gasteiger charge is -2.05. The molecule has 1 heterocycles. The SMILES string of the molecule is NC1=N[C@@H](CCc2ccc(F)cc2F)CO1. The molecule has 1 aliphatic rings. The third-order valence-electron chi connectivity index (χ3n) is 2.50. The van der Waals surface area contributed by atoms with Crippen LogP contribution in [-0.4, -0.2) is 18.7 Å². The van der Waals surface area contributed by atoms with Crippen molar-refractivity contribution in [3.8, 4) is 0 Å². The third kappa shape index (κ3) is 2.48. The van der Waals surface area contributed by atoms with Crippen LogP contribution in [0.1, 0.15) is 12.0 Å². The third-order valence-corrected chi connectivity index (χ3v) is 2.50. The molecular weight excluding hydrogens is 214 g/mol. The largest absolute Gasteiger partial charge is 0.463 e. The predicted molar refractivity (Wildman–Crippen MR) is 56.0 cm³/mol. The highest BCUT2D eigenvalue weighted by molar-refractivity contribution is 5.72. The summed E-state index contributed by atoms with van der Waals surface area (Å²) in [4.78, 5) is 4.03. The molecule has 1 aliphatic heterocycles. The summed E-state index contributed by atoms with van der Waals surface area (Å²) in [6.45, 7) is 0.439. The van der Waals surface area contributed by atoms with Gasteiger partial charge in [-0.2, -0.15) is 0 Å². The average Bonchev–Trinajstić information content (AvgIpc) is 2.63. The van der Waals surface area contributed by atoms with Crippen LogP contribution < -0.4 is 5.73 Å². The van der Waals surface area contributed by atoms with Crippen LogP contribution in [0.3, 0.4) is 0 Å². The minimum absolute atomic E-state index is 0.0237. The normalized spacial score (nSPS) is 19.4. The highest BCUT2D eigenvalue weighted by atomic mass is 19.1. The van der Waals surface area contributed by atoms with E-state index in [4.69, 9.17) is 10.5 Å². The van der Waals surface area contributed by atoms with Crippen LogP contribution in [0, 0.1) is 11.6 Å². The summed E-state index contributed by atoms with van der Waals surface area (Å²) in [5.74, 6) is -1.08. The Morgan fingerprint density at radius 2 is 2.25 bits per heavy atom. The second kappa shape index (κ2) is 4.47. The Hall–Kier alpha value is -1.65. The zero-order valence-electron chi connectivity index (χ0n) is 8.62. The van der Waals surface area contributed by atoms with Gasteiger partial charge in [-0.15, -0.1) is 0 Å². The Balaban J connectivity index is 1.95. The predicted octanol–water partition coefficient (Wildman–Crippen LogP) is 1.61. The van der Waals surface area contributed by atoms with Crippen LogP contribution in [0.2, 0.25) is 0 Å². The Morgan fingerprint density at radius 1 is 1.44 bits per heavy atom. The fraction of sp³-hybridized carbons (Fsp3) is 0.364. The Kier molecular flexibility index (Phi) is 3.03. The monoisotopic (exact) mass is 226 g/mol. The summed E-state index contributed by atoms with van der Waals surface area (Å²) in [7, 11) is 0. The minimum Gasteiger partial charge on any atom is -0.463 e. The highest BCUT2D eigenvalue weighted by Crippen LogP contribution is 2.15. The molecule has 1 aromatic carbocycles. The van der Waals surface area contributed by atoms with Crippen molar-refractivity contribution >= 4 is 6.02 Å². The maximum Gasteiger partial charge on any atom is 0.282 e. The molecule has 0 spiro atoms. The van der Waals surface area contributed by atoms with Crippen molar-refractivity contribution in [2.75, 3.05) is 6.61 Å². The molecule has 0 bridgehead atoms. The van der Waals surface area contributed by atoms with Gasteiger partial charge in [0.25, 0.3) is 6.02 Å². The van der Waals surface area contributed by atoms with Gasteiger partial charge < -0.3 is 10.5 Å². The molecule has 5 heteroatoms. The number of ether oxygens (including phenoxy) is 1. The van der Waals surface area contributed by atoms with Gasteiger partial charge in [0.05, 0.1) is 6.04 Å². The molecule has 0 saturated carbocycles. The van der Waals surface area contributed by atoms with Gasteiger partial charge in [0.1, 0.15) is 18.2 Å². The minimum atomic E-state index is -0.562. The zero-order valence-corrected chi connectivity index (χ0v) is 8.62. The first-order chi connectivity index (χ1) is 7.65. The number of hydrogen-bond donors (Lipinski definition) is 1. The molecule has 1 atom stereocenters. The van der Waals surface area contributed by atoms with Crippen molar-refractivity contribution in [3.05, 3.63) is 35.4 Å². The fourth-order valence-corrected chi connectivity index (χ4v) is 1.63. The van der Waals surface area contributed by atoms with Crippen molar-refractivity contribution in [1.82, 2.24) is 0 Å². The quantitative estimate of drug-likeness (QED) is 0.851. The van der Waals surface area contributed by atoms with Gasteiger partial charge in [0.15, 0.2) is 0 Å². The van der Waals surface area contributed by atoms with E-state index in [-0.39, 0.29) is 12.1 Å². The molecule has 3 nitrogen and oxygen atoms in total. The van der Waals surface area contributed by atoms with E-state index in [2.05, 4.69) is 4.99 Å². The molecule has 0 aromatic heterocycles. The smallest absolute Gasteiger partial charge is 0.282 e. The number of aryl methyl sites for hydroxylation is 1. The van der Waals surface area contributed by atoms with E-state index >= 15 is 0 Å². The fourth-order valence-electron chi connectivity index (χ4n) is 1.63. The van der Waals surface area contributed by atoms with Gasteiger partial charge in [0, 0.05) is 6.07 Å². The maximum absolute atomic E-state index is 13.3.